The van der Waals surface area contributed by atoms with Gasteiger partial charge in [0.2, 0.25) is 0 Å². The van der Waals surface area contributed by atoms with Crippen LogP contribution in [0.4, 0.5) is 19.0 Å². The highest BCUT2D eigenvalue weighted by atomic mass is 32.2. The van der Waals surface area contributed by atoms with E-state index in [0.717, 1.165) is 22.3 Å². The smallest absolute Gasteiger partial charge is 0.366 e. The molecule has 0 saturated heterocycles. The third-order valence-corrected chi connectivity index (χ3v) is 4.49. The van der Waals surface area contributed by atoms with Gasteiger partial charge in [0, 0.05) is 36.4 Å². The van der Waals surface area contributed by atoms with Crippen molar-refractivity contribution in [2.75, 3.05) is 17.6 Å². The third-order valence-electron chi connectivity index (χ3n) is 3.57. The molecule has 0 bridgehead atoms. The predicted molar refractivity (Wildman–Crippen MR) is 85.4 cm³/mol. The van der Waals surface area contributed by atoms with Crippen molar-refractivity contribution in [3.05, 3.63) is 29.7 Å². The van der Waals surface area contributed by atoms with E-state index in [0.29, 0.717) is 17.3 Å². The molecule has 8 heteroatoms. The quantitative estimate of drug-likeness (QED) is 0.859. The lowest BCUT2D eigenvalue weighted by atomic mass is 10.1. The highest BCUT2D eigenvalue weighted by Gasteiger charge is 2.36. The van der Waals surface area contributed by atoms with Crippen molar-refractivity contribution >= 4 is 23.7 Å². The van der Waals surface area contributed by atoms with Crippen LogP contribution in [-0.2, 0) is 7.05 Å². The Labute approximate surface area is 135 Å². The van der Waals surface area contributed by atoms with Crippen LogP contribution in [0.5, 0.6) is 0 Å². The molecule has 0 aromatic carbocycles. The number of nitrogens with one attached hydrogen (secondary N) is 1. The highest BCUT2D eigenvalue weighted by Crippen LogP contribution is 2.36. The van der Waals surface area contributed by atoms with Crippen molar-refractivity contribution < 1.29 is 13.2 Å². The summed E-state index contributed by atoms with van der Waals surface area (Å²) in [7, 11) is 1.79. The second kappa shape index (κ2) is 5.92. The summed E-state index contributed by atoms with van der Waals surface area (Å²) < 4.78 is 40.4. The van der Waals surface area contributed by atoms with Gasteiger partial charge in [-0.3, -0.25) is 4.98 Å². The van der Waals surface area contributed by atoms with E-state index in [2.05, 4.69) is 15.3 Å². The van der Waals surface area contributed by atoms with Crippen LogP contribution in [0.15, 0.2) is 28.9 Å². The molecule has 4 nitrogen and oxygen atoms in total. The van der Waals surface area contributed by atoms with E-state index < -0.39 is 11.7 Å². The summed E-state index contributed by atoms with van der Waals surface area (Å²) in [6, 6.07) is 1.83. The van der Waals surface area contributed by atoms with Gasteiger partial charge in [0.25, 0.3) is 0 Å². The molecule has 0 fully saturated rings. The standard InChI is InChI=1S/C15H15F3N4S/c1-3-23-12-8-19-5-4-10(12)13-21-11-6-9(15(16,17)18)7-20-14(11)22(13)2/h4-6,8,20H,3,7H2,1-2H3. The Balaban J connectivity index is 2.09. The number of aromatic nitrogens is 3. The Morgan fingerprint density at radius 2 is 2.17 bits per heavy atom. The number of anilines is 1. The summed E-state index contributed by atoms with van der Waals surface area (Å²) in [4.78, 5) is 9.48. The normalized spacial score (nSPS) is 14.2. The number of alkyl halides is 3. The summed E-state index contributed by atoms with van der Waals surface area (Å²) in [5.74, 6) is 2.09. The first-order chi connectivity index (χ1) is 10.9. The van der Waals surface area contributed by atoms with E-state index in [4.69, 9.17) is 0 Å². The lowest BCUT2D eigenvalue weighted by Crippen LogP contribution is -2.23. The molecule has 0 saturated carbocycles. The van der Waals surface area contributed by atoms with Crippen LogP contribution in [0.2, 0.25) is 0 Å². The maximum Gasteiger partial charge on any atom is 0.414 e. The molecule has 1 aliphatic rings. The molecule has 0 unspecified atom stereocenters. The molecule has 1 aliphatic heterocycles. The molecule has 2 aromatic heterocycles. The number of hydrogen-bond acceptors (Lipinski definition) is 4. The number of hydrogen-bond donors (Lipinski definition) is 1. The minimum atomic E-state index is -4.34. The fourth-order valence-electron chi connectivity index (χ4n) is 2.48. The molecule has 23 heavy (non-hydrogen) atoms. The zero-order chi connectivity index (χ0) is 16.6. The van der Waals surface area contributed by atoms with Crippen molar-refractivity contribution in [2.45, 2.75) is 18.0 Å². The average molecular weight is 340 g/mol. The van der Waals surface area contributed by atoms with Crippen molar-refractivity contribution in [1.82, 2.24) is 14.5 Å². The Morgan fingerprint density at radius 3 is 2.87 bits per heavy atom. The summed E-state index contributed by atoms with van der Waals surface area (Å²) in [5, 5.41) is 2.82. The van der Waals surface area contributed by atoms with Crippen molar-refractivity contribution in [3.8, 4) is 11.4 Å². The van der Waals surface area contributed by atoms with Gasteiger partial charge < -0.3 is 9.88 Å². The molecule has 1 N–H and O–H groups in total. The maximum absolute atomic E-state index is 12.9. The average Bonchev–Trinajstić information content (AvgIpc) is 2.84. The number of pyridine rings is 1. The topological polar surface area (TPSA) is 42.7 Å². The first kappa shape index (κ1) is 15.9. The first-order valence-electron chi connectivity index (χ1n) is 7.07. The van der Waals surface area contributed by atoms with Crippen LogP contribution in [-0.4, -0.2) is 33.0 Å². The molecule has 0 aliphatic carbocycles. The van der Waals surface area contributed by atoms with Crippen LogP contribution < -0.4 is 5.32 Å². The van der Waals surface area contributed by atoms with Gasteiger partial charge in [-0.15, -0.1) is 11.8 Å². The van der Waals surface area contributed by atoms with Gasteiger partial charge >= 0.3 is 6.18 Å². The van der Waals surface area contributed by atoms with Gasteiger partial charge in [0.1, 0.15) is 17.3 Å². The van der Waals surface area contributed by atoms with Crippen LogP contribution in [0.25, 0.3) is 17.5 Å². The van der Waals surface area contributed by atoms with Crippen molar-refractivity contribution in [3.63, 3.8) is 0 Å². The molecule has 2 aromatic rings. The van der Waals surface area contributed by atoms with Gasteiger partial charge in [-0.25, -0.2) is 4.98 Å². The highest BCUT2D eigenvalue weighted by molar-refractivity contribution is 7.99. The maximum atomic E-state index is 12.9. The van der Waals surface area contributed by atoms with Gasteiger partial charge in [0.05, 0.1) is 5.57 Å². The van der Waals surface area contributed by atoms with E-state index in [-0.39, 0.29) is 6.54 Å². The predicted octanol–water partition coefficient (Wildman–Crippen LogP) is 3.97. The molecule has 0 radical (unpaired) electrons. The van der Waals surface area contributed by atoms with Gasteiger partial charge in [-0.05, 0) is 17.9 Å². The second-order valence-corrected chi connectivity index (χ2v) is 6.36. The molecule has 122 valence electrons. The molecule has 3 heterocycles. The second-order valence-electron chi connectivity index (χ2n) is 5.05. The SMILES string of the molecule is CCSc1cnccc1-c1nc2c(n1C)NCC(C(F)(F)F)=C2. The summed E-state index contributed by atoms with van der Waals surface area (Å²) in [6.45, 7) is 1.78. The van der Waals surface area contributed by atoms with E-state index >= 15 is 0 Å². The van der Waals surface area contributed by atoms with Gasteiger partial charge in [0.15, 0.2) is 0 Å². The minimum absolute atomic E-state index is 0.248. The molecule has 3 rings (SSSR count). The number of fused-ring (bicyclic) bond motifs is 1. The number of thioether (sulfide) groups is 1. The number of imidazole rings is 1. The lowest BCUT2D eigenvalue weighted by molar-refractivity contribution is -0.0909. The van der Waals surface area contributed by atoms with Crippen LogP contribution >= 0.6 is 11.8 Å². The minimum Gasteiger partial charge on any atom is -0.366 e. The molecular formula is C15H15F3N4S. The fourth-order valence-corrected chi connectivity index (χ4v) is 3.24. The fraction of sp³-hybridized carbons (Fsp3) is 0.333. The Bertz CT molecular complexity index is 765. The number of halogens is 3. The summed E-state index contributed by atoms with van der Waals surface area (Å²) in [5.41, 5.74) is 0.561. The van der Waals surface area contributed by atoms with E-state index in [1.807, 2.05) is 13.0 Å². The Kier molecular flexibility index (Phi) is 4.09. The zero-order valence-corrected chi connectivity index (χ0v) is 13.4. The summed E-state index contributed by atoms with van der Waals surface area (Å²) >= 11 is 1.62. The van der Waals surface area contributed by atoms with Crippen LogP contribution in [0.3, 0.4) is 0 Å². The van der Waals surface area contributed by atoms with Crippen LogP contribution in [0, 0.1) is 0 Å². The third kappa shape index (κ3) is 2.95. The van der Waals surface area contributed by atoms with Gasteiger partial charge in [-0.1, -0.05) is 6.92 Å². The number of rotatable bonds is 3. The molecule has 0 amide bonds. The van der Waals surface area contributed by atoms with Crippen LogP contribution in [0.1, 0.15) is 12.6 Å². The zero-order valence-electron chi connectivity index (χ0n) is 12.6. The monoisotopic (exact) mass is 340 g/mol. The van der Waals surface area contributed by atoms with E-state index in [1.54, 1.807) is 35.8 Å². The summed E-state index contributed by atoms with van der Waals surface area (Å²) in [6.07, 6.45) is 0.181. The van der Waals surface area contributed by atoms with Crippen molar-refractivity contribution in [1.29, 1.82) is 0 Å². The Hall–Kier alpha value is -1.96. The van der Waals surface area contributed by atoms with E-state index in [1.165, 1.54) is 0 Å². The molecular weight excluding hydrogens is 325 g/mol. The lowest BCUT2D eigenvalue weighted by Gasteiger charge is -2.18. The van der Waals surface area contributed by atoms with E-state index in [9.17, 15) is 13.2 Å². The molecule has 0 atom stereocenters. The van der Waals surface area contributed by atoms with Crippen molar-refractivity contribution in [2.24, 2.45) is 7.05 Å². The molecule has 0 spiro atoms. The Morgan fingerprint density at radius 1 is 1.39 bits per heavy atom. The number of nitrogens with zero attached hydrogens (tertiary/aromatic N) is 3. The van der Waals surface area contributed by atoms with Gasteiger partial charge in [-0.2, -0.15) is 13.2 Å². The first-order valence-corrected chi connectivity index (χ1v) is 8.06. The largest absolute Gasteiger partial charge is 0.414 e.